The minimum atomic E-state index is -4.42. The molecule has 0 bridgehead atoms. The zero-order valence-electron chi connectivity index (χ0n) is 16.4. The zero-order chi connectivity index (χ0) is 21.7. The number of amides is 3. The summed E-state index contributed by atoms with van der Waals surface area (Å²) in [6, 6.07) is 3.44. The summed E-state index contributed by atoms with van der Waals surface area (Å²) in [4.78, 5) is 23.8. The van der Waals surface area contributed by atoms with Gasteiger partial charge in [0.05, 0.1) is 24.3 Å². The molecule has 3 rings (SSSR count). The molecule has 0 aromatic heterocycles. The highest BCUT2D eigenvalue weighted by Gasteiger charge is 2.36. The summed E-state index contributed by atoms with van der Waals surface area (Å²) in [5.41, 5.74) is -0.531. The number of urea groups is 1. The Hall–Kier alpha value is -2.33. The van der Waals surface area contributed by atoms with Gasteiger partial charge in [0.25, 0.3) is 0 Å². The average molecular weight is 429 g/mol. The molecule has 3 amide bonds. The number of aliphatic hydroxyl groups is 1. The molecular formula is C20H26F3N3O4. The number of aliphatic hydroxyl groups excluding tert-OH is 1. The fraction of sp³-hybridized carbons (Fsp3) is 0.600. The maximum atomic E-state index is 12.6. The summed E-state index contributed by atoms with van der Waals surface area (Å²) >= 11 is 0. The topological polar surface area (TPSA) is 99.7 Å². The van der Waals surface area contributed by atoms with E-state index in [1.807, 2.05) is 0 Å². The molecule has 1 aliphatic carbocycles. The highest BCUT2D eigenvalue weighted by Crippen LogP contribution is 2.31. The molecule has 7 nitrogen and oxygen atoms in total. The minimum Gasteiger partial charge on any atom is -0.394 e. The highest BCUT2D eigenvalue weighted by molar-refractivity contribution is 5.89. The molecule has 0 spiro atoms. The second-order valence-corrected chi connectivity index (χ2v) is 7.69. The molecule has 1 heterocycles. The molecule has 3 atom stereocenters. The molecule has 1 aromatic carbocycles. The van der Waals surface area contributed by atoms with Crippen LogP contribution in [0.4, 0.5) is 23.7 Å². The van der Waals surface area contributed by atoms with Crippen LogP contribution < -0.4 is 16.0 Å². The van der Waals surface area contributed by atoms with Gasteiger partial charge in [0.2, 0.25) is 5.91 Å². The minimum absolute atomic E-state index is 0.0158. The van der Waals surface area contributed by atoms with Gasteiger partial charge in [0, 0.05) is 18.2 Å². The number of halogens is 3. The molecule has 1 aliphatic heterocycles. The molecule has 30 heavy (non-hydrogen) atoms. The van der Waals surface area contributed by atoms with Crippen LogP contribution in [0.2, 0.25) is 0 Å². The highest BCUT2D eigenvalue weighted by atomic mass is 19.4. The van der Waals surface area contributed by atoms with E-state index in [1.165, 1.54) is 12.1 Å². The van der Waals surface area contributed by atoms with Crippen LogP contribution in [-0.2, 0) is 15.7 Å². The normalized spacial score (nSPS) is 24.2. The van der Waals surface area contributed by atoms with Crippen LogP contribution in [0.5, 0.6) is 0 Å². The molecule has 0 unspecified atom stereocenters. The van der Waals surface area contributed by atoms with Gasteiger partial charge in [-0.25, -0.2) is 4.79 Å². The van der Waals surface area contributed by atoms with E-state index in [-0.39, 0.29) is 36.3 Å². The number of rotatable bonds is 7. The Balaban J connectivity index is 1.37. The standard InChI is InChI=1S/C20H26F3N3O4/c21-20(22,23)13-3-5-14(6-4-13)25-19(29)24-10-9-15-7-8-16(17(11-27)30-15)26-18(28)12-1-2-12/h3-6,12,15-17,27H,1-2,7-11H2,(H,26,28)(H2,24,25,29)/t15-,16-,17-/m1/s1. The third-order valence-corrected chi connectivity index (χ3v) is 5.29. The molecule has 10 heteroatoms. The van der Waals surface area contributed by atoms with E-state index in [9.17, 15) is 27.9 Å². The first kappa shape index (κ1) is 22.4. The Bertz CT molecular complexity index is 738. The lowest BCUT2D eigenvalue weighted by Gasteiger charge is -2.36. The molecule has 1 saturated heterocycles. The maximum absolute atomic E-state index is 12.6. The smallest absolute Gasteiger partial charge is 0.394 e. The van der Waals surface area contributed by atoms with Crippen molar-refractivity contribution < 1.29 is 32.6 Å². The van der Waals surface area contributed by atoms with E-state index < -0.39 is 23.9 Å². The zero-order valence-corrected chi connectivity index (χ0v) is 16.4. The fourth-order valence-electron chi connectivity index (χ4n) is 3.42. The second kappa shape index (κ2) is 9.65. The third kappa shape index (κ3) is 6.33. The largest absolute Gasteiger partial charge is 0.416 e. The summed E-state index contributed by atoms with van der Waals surface area (Å²) in [6.45, 7) is 0.0995. The lowest BCUT2D eigenvalue weighted by Crippen LogP contribution is -2.51. The van der Waals surface area contributed by atoms with Gasteiger partial charge in [-0.3, -0.25) is 4.79 Å². The van der Waals surface area contributed by atoms with E-state index in [0.29, 0.717) is 25.8 Å². The molecular weight excluding hydrogens is 403 g/mol. The van der Waals surface area contributed by atoms with Crippen molar-refractivity contribution in [1.82, 2.24) is 10.6 Å². The number of carbonyl (C=O) groups is 2. The van der Waals surface area contributed by atoms with Crippen molar-refractivity contribution in [3.05, 3.63) is 29.8 Å². The Morgan fingerprint density at radius 1 is 1.10 bits per heavy atom. The van der Waals surface area contributed by atoms with E-state index in [0.717, 1.165) is 25.0 Å². The van der Waals surface area contributed by atoms with E-state index in [4.69, 9.17) is 4.74 Å². The summed E-state index contributed by atoms with van der Waals surface area (Å²) in [5.74, 6) is 0.108. The predicted molar refractivity (Wildman–Crippen MR) is 103 cm³/mol. The van der Waals surface area contributed by atoms with Crippen LogP contribution in [-0.4, -0.2) is 48.4 Å². The number of anilines is 1. The van der Waals surface area contributed by atoms with Crippen molar-refractivity contribution in [2.24, 2.45) is 5.92 Å². The SMILES string of the molecule is O=C(NCC[C@H]1CC[C@@H](NC(=O)C2CC2)[C@@H](CO)O1)Nc1ccc(C(F)(F)F)cc1. The van der Waals surface area contributed by atoms with Gasteiger partial charge in [-0.1, -0.05) is 0 Å². The van der Waals surface area contributed by atoms with Crippen molar-refractivity contribution >= 4 is 17.6 Å². The Kier molecular flexibility index (Phi) is 7.19. The lowest BCUT2D eigenvalue weighted by molar-refractivity contribution is -0.137. The van der Waals surface area contributed by atoms with Crippen LogP contribution in [0.3, 0.4) is 0 Å². The fourth-order valence-corrected chi connectivity index (χ4v) is 3.42. The van der Waals surface area contributed by atoms with Crippen molar-refractivity contribution in [3.8, 4) is 0 Å². The summed E-state index contributed by atoms with van der Waals surface area (Å²) in [6.07, 6.45) is -1.36. The van der Waals surface area contributed by atoms with Gasteiger partial charge in [0.1, 0.15) is 6.10 Å². The van der Waals surface area contributed by atoms with Gasteiger partial charge in [-0.15, -0.1) is 0 Å². The van der Waals surface area contributed by atoms with Crippen LogP contribution in [0.15, 0.2) is 24.3 Å². The first-order valence-electron chi connectivity index (χ1n) is 10.0. The van der Waals surface area contributed by atoms with Crippen LogP contribution >= 0.6 is 0 Å². The Labute approximate surface area is 172 Å². The maximum Gasteiger partial charge on any atom is 0.416 e. The predicted octanol–water partition coefficient (Wildman–Crippen LogP) is 2.65. The Morgan fingerprint density at radius 2 is 1.80 bits per heavy atom. The monoisotopic (exact) mass is 429 g/mol. The number of hydrogen-bond donors (Lipinski definition) is 4. The van der Waals surface area contributed by atoms with Gasteiger partial charge < -0.3 is 25.8 Å². The number of nitrogens with one attached hydrogen (secondary N) is 3. The van der Waals surface area contributed by atoms with Crippen LogP contribution in [0, 0.1) is 5.92 Å². The van der Waals surface area contributed by atoms with Gasteiger partial charge in [0.15, 0.2) is 0 Å². The molecule has 2 fully saturated rings. The van der Waals surface area contributed by atoms with Crippen molar-refractivity contribution in [1.29, 1.82) is 0 Å². The molecule has 1 saturated carbocycles. The first-order valence-corrected chi connectivity index (χ1v) is 10.0. The summed E-state index contributed by atoms with van der Waals surface area (Å²) in [5, 5.41) is 17.6. The van der Waals surface area contributed by atoms with Crippen LogP contribution in [0.25, 0.3) is 0 Å². The Morgan fingerprint density at radius 3 is 2.40 bits per heavy atom. The van der Waals surface area contributed by atoms with E-state index >= 15 is 0 Å². The van der Waals surface area contributed by atoms with Crippen LogP contribution in [0.1, 0.15) is 37.7 Å². The quantitative estimate of drug-likeness (QED) is 0.536. The number of benzene rings is 1. The van der Waals surface area contributed by atoms with E-state index in [1.54, 1.807) is 0 Å². The lowest BCUT2D eigenvalue weighted by atomic mass is 9.97. The molecule has 2 aliphatic rings. The molecule has 4 N–H and O–H groups in total. The van der Waals surface area contributed by atoms with Crippen molar-refractivity contribution in [2.75, 3.05) is 18.5 Å². The number of hydrogen-bond acceptors (Lipinski definition) is 4. The molecule has 166 valence electrons. The van der Waals surface area contributed by atoms with Gasteiger partial charge in [-0.05, 0) is 56.4 Å². The van der Waals surface area contributed by atoms with Crippen molar-refractivity contribution in [2.45, 2.75) is 56.5 Å². The second-order valence-electron chi connectivity index (χ2n) is 7.69. The first-order chi connectivity index (χ1) is 14.3. The van der Waals surface area contributed by atoms with Gasteiger partial charge >= 0.3 is 12.2 Å². The summed E-state index contributed by atoms with van der Waals surface area (Å²) in [7, 11) is 0. The molecule has 1 aromatic rings. The number of carbonyl (C=O) groups excluding carboxylic acids is 2. The average Bonchev–Trinajstić information content (AvgIpc) is 3.54. The van der Waals surface area contributed by atoms with E-state index in [2.05, 4.69) is 16.0 Å². The van der Waals surface area contributed by atoms with Gasteiger partial charge in [-0.2, -0.15) is 13.2 Å². The molecule has 0 radical (unpaired) electrons. The van der Waals surface area contributed by atoms with Crippen molar-refractivity contribution in [3.63, 3.8) is 0 Å². The summed E-state index contributed by atoms with van der Waals surface area (Å²) < 4.78 is 43.5. The third-order valence-electron chi connectivity index (χ3n) is 5.29. The number of ether oxygens (including phenoxy) is 1. The number of alkyl halides is 3.